The summed E-state index contributed by atoms with van der Waals surface area (Å²) in [5.41, 5.74) is 2.56. The molecule has 8 nitrogen and oxygen atoms in total. The van der Waals surface area contributed by atoms with Gasteiger partial charge in [0, 0.05) is 63.0 Å². The van der Waals surface area contributed by atoms with E-state index in [1.54, 1.807) is 0 Å². The Bertz CT molecular complexity index is 912. The summed E-state index contributed by atoms with van der Waals surface area (Å²) < 4.78 is 5.44. The Labute approximate surface area is 177 Å². The lowest BCUT2D eigenvalue weighted by Gasteiger charge is -2.36. The van der Waals surface area contributed by atoms with Crippen molar-refractivity contribution in [1.82, 2.24) is 20.0 Å². The van der Waals surface area contributed by atoms with Crippen molar-refractivity contribution in [1.29, 1.82) is 0 Å². The maximum atomic E-state index is 13.0. The average Bonchev–Trinajstić information content (AvgIpc) is 3.23. The van der Waals surface area contributed by atoms with Crippen molar-refractivity contribution in [3.63, 3.8) is 0 Å². The molecule has 5 rings (SSSR count). The van der Waals surface area contributed by atoms with Gasteiger partial charge in [0.1, 0.15) is 11.6 Å². The number of amides is 1. The zero-order valence-electron chi connectivity index (χ0n) is 17.8. The van der Waals surface area contributed by atoms with E-state index >= 15 is 0 Å². The van der Waals surface area contributed by atoms with Gasteiger partial charge in [-0.3, -0.25) is 4.79 Å². The van der Waals surface area contributed by atoms with Crippen LogP contribution in [0.4, 0.5) is 11.8 Å². The van der Waals surface area contributed by atoms with Gasteiger partial charge in [-0.2, -0.15) is 4.98 Å². The first-order valence-electron chi connectivity index (χ1n) is 11.3. The summed E-state index contributed by atoms with van der Waals surface area (Å²) in [4.78, 5) is 29.1. The molecular weight excluding hydrogens is 380 g/mol. The normalized spacial score (nSPS) is 19.7. The summed E-state index contributed by atoms with van der Waals surface area (Å²) in [5, 5.41) is 4.12. The van der Waals surface area contributed by atoms with Crippen molar-refractivity contribution in [2.45, 2.75) is 51.9 Å². The van der Waals surface area contributed by atoms with E-state index in [0.717, 1.165) is 80.6 Å². The molecule has 0 spiro atoms. The van der Waals surface area contributed by atoms with Gasteiger partial charge in [-0.15, -0.1) is 0 Å². The van der Waals surface area contributed by atoms with E-state index < -0.39 is 0 Å². The highest BCUT2D eigenvalue weighted by molar-refractivity contribution is 5.94. The van der Waals surface area contributed by atoms with Crippen LogP contribution >= 0.6 is 0 Å². The van der Waals surface area contributed by atoms with Gasteiger partial charge < -0.3 is 19.2 Å². The van der Waals surface area contributed by atoms with Gasteiger partial charge in [-0.25, -0.2) is 4.98 Å². The quantitative estimate of drug-likeness (QED) is 0.770. The van der Waals surface area contributed by atoms with E-state index in [1.807, 2.05) is 11.8 Å². The molecule has 2 saturated heterocycles. The highest BCUT2D eigenvalue weighted by atomic mass is 16.5. The predicted molar refractivity (Wildman–Crippen MR) is 114 cm³/mol. The van der Waals surface area contributed by atoms with Crippen LogP contribution in [-0.2, 0) is 12.8 Å². The topological polar surface area (TPSA) is 78.6 Å². The fourth-order valence-electron chi connectivity index (χ4n) is 4.78. The Balaban J connectivity index is 1.26. The summed E-state index contributed by atoms with van der Waals surface area (Å²) in [5.74, 6) is 2.73. The third-order valence-corrected chi connectivity index (χ3v) is 6.51. The standard InChI is InChI=1S/C22H30N6O2/c1-16-15-19(24-22(23-16)28-9-5-2-6-10-28)26-11-13-27(14-12-26)21(29)20-17-7-3-4-8-18(17)30-25-20/h15H,2-14H2,1H3. The second kappa shape index (κ2) is 8.24. The summed E-state index contributed by atoms with van der Waals surface area (Å²) in [7, 11) is 0. The molecule has 8 heteroatoms. The zero-order chi connectivity index (χ0) is 20.5. The number of carbonyl (C=O) groups is 1. The van der Waals surface area contributed by atoms with Crippen molar-refractivity contribution < 1.29 is 9.32 Å². The second-order valence-corrected chi connectivity index (χ2v) is 8.63. The summed E-state index contributed by atoms with van der Waals surface area (Å²) in [6.45, 7) is 6.97. The lowest BCUT2D eigenvalue weighted by Crippen LogP contribution is -2.49. The van der Waals surface area contributed by atoms with Gasteiger partial charge in [-0.1, -0.05) is 5.16 Å². The van der Waals surface area contributed by atoms with Crippen molar-refractivity contribution >= 4 is 17.7 Å². The predicted octanol–water partition coefficient (Wildman–Crippen LogP) is 2.60. The monoisotopic (exact) mass is 410 g/mol. The van der Waals surface area contributed by atoms with Crippen molar-refractivity contribution in [2.75, 3.05) is 49.1 Å². The van der Waals surface area contributed by atoms with E-state index in [0.29, 0.717) is 18.8 Å². The summed E-state index contributed by atoms with van der Waals surface area (Å²) in [6.07, 6.45) is 7.73. The van der Waals surface area contributed by atoms with Gasteiger partial charge in [-0.05, 0) is 45.4 Å². The average molecular weight is 411 g/mol. The maximum absolute atomic E-state index is 13.0. The van der Waals surface area contributed by atoms with Crippen molar-refractivity contribution in [2.24, 2.45) is 0 Å². The van der Waals surface area contributed by atoms with Crippen LogP contribution < -0.4 is 9.80 Å². The number of aromatic nitrogens is 3. The molecule has 0 saturated carbocycles. The molecule has 3 aliphatic rings. The third kappa shape index (κ3) is 3.75. The van der Waals surface area contributed by atoms with Crippen LogP contribution in [0.25, 0.3) is 0 Å². The summed E-state index contributed by atoms with van der Waals surface area (Å²) in [6, 6.07) is 2.05. The minimum atomic E-state index is 0.00873. The largest absolute Gasteiger partial charge is 0.360 e. The fraction of sp³-hybridized carbons (Fsp3) is 0.636. The molecule has 0 N–H and O–H groups in total. The molecule has 4 heterocycles. The molecule has 0 atom stereocenters. The lowest BCUT2D eigenvalue weighted by atomic mass is 9.96. The van der Waals surface area contributed by atoms with E-state index in [1.165, 1.54) is 19.3 Å². The lowest BCUT2D eigenvalue weighted by molar-refractivity contribution is 0.0735. The van der Waals surface area contributed by atoms with Gasteiger partial charge in [0.05, 0.1) is 0 Å². The maximum Gasteiger partial charge on any atom is 0.276 e. The first-order valence-corrected chi connectivity index (χ1v) is 11.3. The SMILES string of the molecule is Cc1cc(N2CCN(C(=O)c3noc4c3CCCC4)CC2)nc(N2CCCCC2)n1. The highest BCUT2D eigenvalue weighted by Crippen LogP contribution is 2.26. The molecule has 2 aromatic heterocycles. The Morgan fingerprint density at radius 2 is 1.67 bits per heavy atom. The number of carbonyl (C=O) groups excluding carboxylic acids is 1. The van der Waals surface area contributed by atoms with Crippen LogP contribution in [0.15, 0.2) is 10.6 Å². The number of nitrogens with zero attached hydrogens (tertiary/aromatic N) is 6. The van der Waals surface area contributed by atoms with Crippen LogP contribution in [0.2, 0.25) is 0 Å². The van der Waals surface area contributed by atoms with Crippen LogP contribution in [0.1, 0.15) is 59.6 Å². The van der Waals surface area contributed by atoms with Gasteiger partial charge in [0.15, 0.2) is 5.69 Å². The first kappa shape index (κ1) is 19.3. The molecule has 0 radical (unpaired) electrons. The minimum Gasteiger partial charge on any atom is -0.360 e. The Morgan fingerprint density at radius 1 is 0.900 bits per heavy atom. The molecular formula is C22H30N6O2. The van der Waals surface area contributed by atoms with Crippen molar-refractivity contribution in [3.8, 4) is 0 Å². The van der Waals surface area contributed by atoms with Gasteiger partial charge in [0.25, 0.3) is 5.91 Å². The van der Waals surface area contributed by atoms with E-state index in [4.69, 9.17) is 9.51 Å². The second-order valence-electron chi connectivity index (χ2n) is 8.63. The minimum absolute atomic E-state index is 0.00873. The third-order valence-electron chi connectivity index (χ3n) is 6.51. The molecule has 1 amide bonds. The zero-order valence-corrected chi connectivity index (χ0v) is 17.8. The van der Waals surface area contributed by atoms with Crippen LogP contribution in [0.5, 0.6) is 0 Å². The number of anilines is 2. The molecule has 2 fully saturated rings. The van der Waals surface area contributed by atoms with E-state index in [-0.39, 0.29) is 5.91 Å². The molecule has 0 unspecified atom stereocenters. The smallest absolute Gasteiger partial charge is 0.276 e. The Morgan fingerprint density at radius 3 is 2.47 bits per heavy atom. The number of hydrogen-bond donors (Lipinski definition) is 0. The highest BCUT2D eigenvalue weighted by Gasteiger charge is 2.30. The fourth-order valence-corrected chi connectivity index (χ4v) is 4.78. The Hall–Kier alpha value is -2.64. The number of piperazine rings is 1. The molecule has 0 bridgehead atoms. The Kier molecular flexibility index (Phi) is 5.31. The summed E-state index contributed by atoms with van der Waals surface area (Å²) >= 11 is 0. The number of piperidine rings is 1. The molecule has 160 valence electrons. The molecule has 2 aliphatic heterocycles. The van der Waals surface area contributed by atoms with Crippen LogP contribution in [-0.4, -0.2) is 65.2 Å². The van der Waals surface area contributed by atoms with Gasteiger partial charge in [0.2, 0.25) is 5.95 Å². The van der Waals surface area contributed by atoms with Crippen molar-refractivity contribution in [3.05, 3.63) is 28.8 Å². The molecule has 30 heavy (non-hydrogen) atoms. The number of hydrogen-bond acceptors (Lipinski definition) is 7. The number of aryl methyl sites for hydroxylation is 2. The van der Waals surface area contributed by atoms with E-state index in [2.05, 4.69) is 26.0 Å². The molecule has 2 aromatic rings. The number of fused-ring (bicyclic) bond motifs is 1. The first-order chi connectivity index (χ1) is 14.7. The molecule has 0 aromatic carbocycles. The van der Waals surface area contributed by atoms with Crippen LogP contribution in [0, 0.1) is 6.92 Å². The van der Waals surface area contributed by atoms with E-state index in [9.17, 15) is 4.79 Å². The van der Waals surface area contributed by atoms with Gasteiger partial charge >= 0.3 is 0 Å². The number of rotatable bonds is 3. The van der Waals surface area contributed by atoms with Crippen LogP contribution in [0.3, 0.4) is 0 Å². The molecule has 1 aliphatic carbocycles.